The van der Waals surface area contributed by atoms with E-state index in [0.717, 1.165) is 48.5 Å². The van der Waals surface area contributed by atoms with E-state index in [4.69, 9.17) is 14.5 Å². The maximum atomic E-state index is 5.08. The summed E-state index contributed by atoms with van der Waals surface area (Å²) in [6.07, 6.45) is 3.13. The van der Waals surface area contributed by atoms with Crippen molar-refractivity contribution in [2.45, 2.75) is 18.0 Å². The SMILES string of the molecule is COCCCSc1nc2sccn2c1CNCCOC. The highest BCUT2D eigenvalue weighted by Crippen LogP contribution is 2.26. The number of thioether (sulfide) groups is 1. The molecule has 0 spiro atoms. The molecule has 0 aromatic carbocycles. The van der Waals surface area contributed by atoms with Gasteiger partial charge in [0.15, 0.2) is 4.96 Å². The molecule has 0 amide bonds. The van der Waals surface area contributed by atoms with Gasteiger partial charge in [-0.25, -0.2) is 4.98 Å². The fourth-order valence-electron chi connectivity index (χ4n) is 1.84. The van der Waals surface area contributed by atoms with Gasteiger partial charge in [0.25, 0.3) is 0 Å². The molecule has 7 heteroatoms. The molecule has 0 saturated carbocycles. The van der Waals surface area contributed by atoms with Crippen LogP contribution >= 0.6 is 23.1 Å². The van der Waals surface area contributed by atoms with Crippen LogP contribution < -0.4 is 5.32 Å². The zero-order chi connectivity index (χ0) is 14.2. The minimum absolute atomic E-state index is 0.724. The largest absolute Gasteiger partial charge is 0.385 e. The maximum absolute atomic E-state index is 5.08. The van der Waals surface area contributed by atoms with Crippen molar-refractivity contribution < 1.29 is 9.47 Å². The molecule has 1 N–H and O–H groups in total. The van der Waals surface area contributed by atoms with Crippen molar-refractivity contribution in [2.24, 2.45) is 0 Å². The number of rotatable bonds is 10. The molecule has 0 saturated heterocycles. The van der Waals surface area contributed by atoms with Gasteiger partial charge < -0.3 is 14.8 Å². The van der Waals surface area contributed by atoms with Crippen molar-refractivity contribution in [1.29, 1.82) is 0 Å². The first-order valence-electron chi connectivity index (χ1n) is 6.62. The van der Waals surface area contributed by atoms with Crippen molar-refractivity contribution >= 4 is 28.1 Å². The Balaban J connectivity index is 1.98. The summed E-state index contributed by atoms with van der Waals surface area (Å²) in [7, 11) is 3.46. The third-order valence-corrected chi connectivity index (χ3v) is 4.68. The maximum Gasteiger partial charge on any atom is 0.194 e. The summed E-state index contributed by atoms with van der Waals surface area (Å²) in [5.74, 6) is 1.03. The van der Waals surface area contributed by atoms with Crippen LogP contribution in [0.1, 0.15) is 12.1 Å². The summed E-state index contributed by atoms with van der Waals surface area (Å²) in [4.78, 5) is 5.76. The Morgan fingerprint density at radius 3 is 3.00 bits per heavy atom. The number of imidazole rings is 1. The lowest BCUT2D eigenvalue weighted by Gasteiger charge is -2.06. The van der Waals surface area contributed by atoms with Crippen molar-refractivity contribution in [3.05, 3.63) is 17.3 Å². The Bertz CT molecular complexity index is 513. The van der Waals surface area contributed by atoms with Gasteiger partial charge in [-0.1, -0.05) is 0 Å². The van der Waals surface area contributed by atoms with E-state index in [1.165, 1.54) is 5.69 Å². The highest BCUT2D eigenvalue weighted by Gasteiger charge is 2.12. The zero-order valence-corrected chi connectivity index (χ0v) is 13.6. The molecule has 2 heterocycles. The monoisotopic (exact) mass is 315 g/mol. The van der Waals surface area contributed by atoms with E-state index >= 15 is 0 Å². The van der Waals surface area contributed by atoms with Crippen LogP contribution in [0.4, 0.5) is 0 Å². The van der Waals surface area contributed by atoms with Crippen molar-refractivity contribution in [3.8, 4) is 0 Å². The lowest BCUT2D eigenvalue weighted by atomic mass is 10.4. The van der Waals surface area contributed by atoms with E-state index in [2.05, 4.69) is 21.3 Å². The van der Waals surface area contributed by atoms with Crippen LogP contribution in [0.5, 0.6) is 0 Å². The minimum atomic E-state index is 0.724. The van der Waals surface area contributed by atoms with Gasteiger partial charge >= 0.3 is 0 Å². The third kappa shape index (κ3) is 4.20. The Morgan fingerprint density at radius 1 is 1.35 bits per heavy atom. The third-order valence-electron chi connectivity index (χ3n) is 2.83. The number of methoxy groups -OCH3 is 2. The van der Waals surface area contributed by atoms with E-state index < -0.39 is 0 Å². The molecular weight excluding hydrogens is 294 g/mol. The topological polar surface area (TPSA) is 47.8 Å². The molecule has 5 nitrogen and oxygen atoms in total. The molecule has 0 aliphatic heterocycles. The normalized spacial score (nSPS) is 11.5. The number of thiazole rings is 1. The Labute approximate surface area is 127 Å². The first-order chi connectivity index (χ1) is 9.86. The molecule has 0 atom stereocenters. The van der Waals surface area contributed by atoms with Crippen LogP contribution in [0.3, 0.4) is 0 Å². The number of hydrogen-bond donors (Lipinski definition) is 1. The van der Waals surface area contributed by atoms with Gasteiger partial charge in [0.05, 0.1) is 12.3 Å². The number of nitrogens with zero attached hydrogens (tertiary/aromatic N) is 2. The lowest BCUT2D eigenvalue weighted by Crippen LogP contribution is -2.19. The van der Waals surface area contributed by atoms with Crippen molar-refractivity contribution in [1.82, 2.24) is 14.7 Å². The van der Waals surface area contributed by atoms with Gasteiger partial charge in [0, 0.05) is 51.2 Å². The molecule has 2 aromatic heterocycles. The van der Waals surface area contributed by atoms with Crippen LogP contribution in [0.15, 0.2) is 16.6 Å². The van der Waals surface area contributed by atoms with Crippen LogP contribution in [-0.2, 0) is 16.0 Å². The van der Waals surface area contributed by atoms with Crippen LogP contribution in [0, 0.1) is 0 Å². The van der Waals surface area contributed by atoms with Gasteiger partial charge in [-0.2, -0.15) is 0 Å². The average molecular weight is 315 g/mol. The molecule has 2 aromatic rings. The van der Waals surface area contributed by atoms with Crippen LogP contribution in [-0.4, -0.2) is 49.1 Å². The highest BCUT2D eigenvalue weighted by molar-refractivity contribution is 7.99. The predicted octanol–water partition coefficient (Wildman–Crippen LogP) is 2.26. The van der Waals surface area contributed by atoms with Gasteiger partial charge in [-0.15, -0.1) is 23.1 Å². The number of ether oxygens (including phenoxy) is 2. The molecule has 0 fully saturated rings. The number of aromatic nitrogens is 2. The Kier molecular flexibility index (Phi) is 6.81. The summed E-state index contributed by atoms with van der Waals surface area (Å²) < 4.78 is 12.3. The summed E-state index contributed by atoms with van der Waals surface area (Å²) in [5.41, 5.74) is 1.24. The number of hydrogen-bond acceptors (Lipinski definition) is 6. The van der Waals surface area contributed by atoms with E-state index in [0.29, 0.717) is 0 Å². The number of fused-ring (bicyclic) bond motifs is 1. The molecule has 112 valence electrons. The zero-order valence-electron chi connectivity index (χ0n) is 11.9. The lowest BCUT2D eigenvalue weighted by molar-refractivity contribution is 0.199. The first kappa shape index (κ1) is 15.8. The molecule has 2 rings (SSSR count). The van der Waals surface area contributed by atoms with Crippen LogP contribution in [0.25, 0.3) is 4.96 Å². The van der Waals surface area contributed by atoms with Crippen LogP contribution in [0.2, 0.25) is 0 Å². The quantitative estimate of drug-likeness (QED) is 0.538. The molecule has 20 heavy (non-hydrogen) atoms. The Hall–Kier alpha value is -0.600. The highest BCUT2D eigenvalue weighted by atomic mass is 32.2. The molecular formula is C13H21N3O2S2. The van der Waals surface area contributed by atoms with Crippen molar-refractivity contribution in [3.63, 3.8) is 0 Å². The smallest absolute Gasteiger partial charge is 0.194 e. The molecule has 0 bridgehead atoms. The van der Waals surface area contributed by atoms with E-state index in [1.807, 2.05) is 0 Å². The fourth-order valence-corrected chi connectivity index (χ4v) is 3.58. The summed E-state index contributed by atoms with van der Waals surface area (Å²) in [5, 5.41) is 6.59. The summed E-state index contributed by atoms with van der Waals surface area (Å²) >= 11 is 3.48. The fraction of sp³-hybridized carbons (Fsp3) is 0.615. The second-order valence-electron chi connectivity index (χ2n) is 4.28. The van der Waals surface area contributed by atoms with Gasteiger partial charge in [-0.05, 0) is 6.42 Å². The molecule has 0 unspecified atom stereocenters. The second kappa shape index (κ2) is 8.63. The number of nitrogens with one attached hydrogen (secondary N) is 1. The standard InChI is InChI=1S/C13H21N3O2S2/c1-17-6-3-8-19-12-11(10-14-4-7-18-2)16-5-9-20-13(16)15-12/h5,9,14H,3-4,6-8,10H2,1-2H3. The predicted molar refractivity (Wildman–Crippen MR) is 83.9 cm³/mol. The van der Waals surface area contributed by atoms with Gasteiger partial charge in [0.1, 0.15) is 5.03 Å². The van der Waals surface area contributed by atoms with Gasteiger partial charge in [0.2, 0.25) is 0 Å². The van der Waals surface area contributed by atoms with Gasteiger partial charge in [-0.3, -0.25) is 4.40 Å². The van der Waals surface area contributed by atoms with E-state index in [1.54, 1.807) is 37.3 Å². The minimum Gasteiger partial charge on any atom is -0.385 e. The van der Waals surface area contributed by atoms with Crippen molar-refractivity contribution in [2.75, 3.05) is 39.7 Å². The van der Waals surface area contributed by atoms with E-state index in [9.17, 15) is 0 Å². The van der Waals surface area contributed by atoms with E-state index in [-0.39, 0.29) is 0 Å². The molecule has 0 aliphatic rings. The molecule has 0 aliphatic carbocycles. The Morgan fingerprint density at radius 2 is 2.20 bits per heavy atom. The first-order valence-corrected chi connectivity index (χ1v) is 8.49. The summed E-state index contributed by atoms with van der Waals surface area (Å²) in [6, 6.07) is 0. The molecule has 0 radical (unpaired) electrons. The average Bonchev–Trinajstić information content (AvgIpc) is 3.02. The second-order valence-corrected chi connectivity index (χ2v) is 6.24. The summed E-state index contributed by atoms with van der Waals surface area (Å²) in [6.45, 7) is 3.19.